The molecule has 1 aliphatic rings. The van der Waals surface area contributed by atoms with Crippen LogP contribution in [-0.2, 0) is 14.3 Å². The molecule has 0 radical (unpaired) electrons. The SMILES string of the molecule is CCC(C(=O)C1CCC1)C(=O)C(C)OC. The zero-order chi connectivity index (χ0) is 11.4. The van der Waals surface area contributed by atoms with E-state index in [2.05, 4.69) is 0 Å². The Morgan fingerprint density at radius 1 is 1.40 bits per heavy atom. The topological polar surface area (TPSA) is 43.4 Å². The lowest BCUT2D eigenvalue weighted by Crippen LogP contribution is -2.37. The Labute approximate surface area is 91.2 Å². The lowest BCUT2D eigenvalue weighted by molar-refractivity contribution is -0.141. The van der Waals surface area contributed by atoms with Crippen LogP contribution in [0.25, 0.3) is 0 Å². The van der Waals surface area contributed by atoms with Crippen LogP contribution in [0.3, 0.4) is 0 Å². The highest BCUT2D eigenvalue weighted by atomic mass is 16.5. The van der Waals surface area contributed by atoms with Crippen molar-refractivity contribution >= 4 is 11.6 Å². The van der Waals surface area contributed by atoms with E-state index in [1.807, 2.05) is 6.92 Å². The van der Waals surface area contributed by atoms with E-state index in [1.165, 1.54) is 7.11 Å². The van der Waals surface area contributed by atoms with Gasteiger partial charge in [0.2, 0.25) is 0 Å². The number of Topliss-reactive ketones (excluding diaryl/α,β-unsaturated/α-hetero) is 2. The fraction of sp³-hybridized carbons (Fsp3) is 0.833. The Bertz CT molecular complexity index is 226. The molecule has 2 atom stereocenters. The van der Waals surface area contributed by atoms with Gasteiger partial charge in [-0.2, -0.15) is 0 Å². The van der Waals surface area contributed by atoms with Gasteiger partial charge in [-0.25, -0.2) is 0 Å². The summed E-state index contributed by atoms with van der Waals surface area (Å²) in [6.45, 7) is 3.60. The van der Waals surface area contributed by atoms with Gasteiger partial charge in [0.15, 0.2) is 5.78 Å². The van der Waals surface area contributed by atoms with Gasteiger partial charge >= 0.3 is 0 Å². The van der Waals surface area contributed by atoms with E-state index < -0.39 is 12.0 Å². The summed E-state index contributed by atoms with van der Waals surface area (Å²) >= 11 is 0. The Morgan fingerprint density at radius 2 is 2.00 bits per heavy atom. The van der Waals surface area contributed by atoms with Gasteiger partial charge in [-0.1, -0.05) is 13.3 Å². The summed E-state index contributed by atoms with van der Waals surface area (Å²) in [5, 5.41) is 0. The summed E-state index contributed by atoms with van der Waals surface area (Å²) in [4.78, 5) is 23.8. The van der Waals surface area contributed by atoms with Crippen molar-refractivity contribution < 1.29 is 14.3 Å². The normalized spacial score (nSPS) is 20.5. The van der Waals surface area contributed by atoms with Gasteiger partial charge in [0.1, 0.15) is 11.9 Å². The van der Waals surface area contributed by atoms with Crippen molar-refractivity contribution in [2.24, 2.45) is 11.8 Å². The van der Waals surface area contributed by atoms with Crippen LogP contribution < -0.4 is 0 Å². The molecule has 0 amide bonds. The Balaban J connectivity index is 2.61. The zero-order valence-electron chi connectivity index (χ0n) is 9.79. The van der Waals surface area contributed by atoms with Crippen molar-refractivity contribution in [3.8, 4) is 0 Å². The fourth-order valence-corrected chi connectivity index (χ4v) is 1.92. The molecule has 1 aliphatic carbocycles. The van der Waals surface area contributed by atoms with Gasteiger partial charge in [0.25, 0.3) is 0 Å². The number of methoxy groups -OCH3 is 1. The Hall–Kier alpha value is -0.700. The van der Waals surface area contributed by atoms with Crippen molar-refractivity contribution in [2.75, 3.05) is 7.11 Å². The van der Waals surface area contributed by atoms with E-state index in [4.69, 9.17) is 4.74 Å². The van der Waals surface area contributed by atoms with Crippen molar-refractivity contribution in [1.29, 1.82) is 0 Å². The summed E-state index contributed by atoms with van der Waals surface area (Å²) in [6, 6.07) is 0. The first-order valence-electron chi connectivity index (χ1n) is 5.72. The molecule has 0 bridgehead atoms. The van der Waals surface area contributed by atoms with Crippen molar-refractivity contribution in [2.45, 2.75) is 45.6 Å². The fourth-order valence-electron chi connectivity index (χ4n) is 1.92. The van der Waals surface area contributed by atoms with Gasteiger partial charge in [0.05, 0.1) is 5.92 Å². The van der Waals surface area contributed by atoms with Crippen LogP contribution >= 0.6 is 0 Å². The van der Waals surface area contributed by atoms with Crippen LogP contribution in [0.5, 0.6) is 0 Å². The largest absolute Gasteiger partial charge is 0.374 e. The van der Waals surface area contributed by atoms with Crippen LogP contribution in [0.1, 0.15) is 39.5 Å². The Kier molecular flexibility index (Phi) is 4.45. The molecule has 0 aromatic carbocycles. The molecular formula is C12H20O3. The average molecular weight is 212 g/mol. The molecule has 3 heteroatoms. The van der Waals surface area contributed by atoms with E-state index in [-0.39, 0.29) is 17.5 Å². The van der Waals surface area contributed by atoms with E-state index in [1.54, 1.807) is 6.92 Å². The molecule has 86 valence electrons. The minimum absolute atomic E-state index is 0.0584. The molecule has 0 saturated heterocycles. The summed E-state index contributed by atoms with van der Waals surface area (Å²) in [7, 11) is 1.50. The molecule has 0 aromatic heterocycles. The first kappa shape index (κ1) is 12.4. The molecule has 0 aromatic rings. The van der Waals surface area contributed by atoms with Crippen LogP contribution in [0.2, 0.25) is 0 Å². The number of carbonyl (C=O) groups is 2. The summed E-state index contributed by atoms with van der Waals surface area (Å²) < 4.78 is 4.97. The maximum absolute atomic E-state index is 11.9. The predicted molar refractivity (Wildman–Crippen MR) is 57.6 cm³/mol. The molecule has 1 fully saturated rings. The standard InChI is InChI=1S/C12H20O3/c1-4-10(11(13)8(2)15-3)12(14)9-6-5-7-9/h8-10H,4-7H2,1-3H3. The third kappa shape index (κ3) is 2.65. The first-order valence-corrected chi connectivity index (χ1v) is 5.72. The van der Waals surface area contributed by atoms with E-state index in [0.29, 0.717) is 6.42 Å². The Morgan fingerprint density at radius 3 is 2.33 bits per heavy atom. The molecule has 0 heterocycles. The second-order valence-electron chi connectivity index (χ2n) is 4.27. The number of ether oxygens (including phenoxy) is 1. The lowest BCUT2D eigenvalue weighted by Gasteiger charge is -2.28. The number of carbonyl (C=O) groups excluding carboxylic acids is 2. The second kappa shape index (κ2) is 5.40. The number of rotatable bonds is 6. The van der Waals surface area contributed by atoms with Gasteiger partial charge < -0.3 is 4.74 Å². The molecular weight excluding hydrogens is 192 g/mol. The first-order chi connectivity index (χ1) is 7.11. The maximum Gasteiger partial charge on any atom is 0.171 e. The molecule has 0 aliphatic heterocycles. The number of ketones is 2. The van der Waals surface area contributed by atoms with Crippen LogP contribution in [0.15, 0.2) is 0 Å². The molecule has 0 spiro atoms. The van der Waals surface area contributed by atoms with Crippen LogP contribution in [-0.4, -0.2) is 24.8 Å². The van der Waals surface area contributed by atoms with Gasteiger partial charge in [0, 0.05) is 13.0 Å². The van der Waals surface area contributed by atoms with Crippen LogP contribution in [0.4, 0.5) is 0 Å². The molecule has 1 saturated carbocycles. The molecule has 0 N–H and O–H groups in total. The molecule has 15 heavy (non-hydrogen) atoms. The van der Waals surface area contributed by atoms with E-state index in [9.17, 15) is 9.59 Å². The van der Waals surface area contributed by atoms with Crippen LogP contribution in [0, 0.1) is 11.8 Å². The smallest absolute Gasteiger partial charge is 0.171 e. The minimum atomic E-state index is -0.459. The third-order valence-electron chi connectivity index (χ3n) is 3.36. The third-order valence-corrected chi connectivity index (χ3v) is 3.36. The number of hydrogen-bond donors (Lipinski definition) is 0. The quantitative estimate of drug-likeness (QED) is 0.632. The van der Waals surface area contributed by atoms with E-state index in [0.717, 1.165) is 19.3 Å². The summed E-state index contributed by atoms with van der Waals surface area (Å²) in [5.41, 5.74) is 0. The van der Waals surface area contributed by atoms with Crippen molar-refractivity contribution in [1.82, 2.24) is 0 Å². The van der Waals surface area contributed by atoms with Gasteiger partial charge in [-0.15, -0.1) is 0 Å². The van der Waals surface area contributed by atoms with Crippen molar-refractivity contribution in [3.63, 3.8) is 0 Å². The summed E-state index contributed by atoms with van der Waals surface area (Å²) in [5.74, 6) is -0.220. The highest BCUT2D eigenvalue weighted by Gasteiger charge is 2.35. The lowest BCUT2D eigenvalue weighted by atomic mass is 9.75. The average Bonchev–Trinajstić information content (AvgIpc) is 2.14. The summed E-state index contributed by atoms with van der Waals surface area (Å²) in [6.07, 6.45) is 3.19. The van der Waals surface area contributed by atoms with Gasteiger partial charge in [-0.3, -0.25) is 9.59 Å². The zero-order valence-corrected chi connectivity index (χ0v) is 9.79. The molecule has 1 rings (SSSR count). The second-order valence-corrected chi connectivity index (χ2v) is 4.27. The molecule has 2 unspecified atom stereocenters. The predicted octanol–water partition coefficient (Wildman–Crippen LogP) is 1.99. The monoisotopic (exact) mass is 212 g/mol. The molecule has 3 nitrogen and oxygen atoms in total. The highest BCUT2D eigenvalue weighted by molar-refractivity contribution is 6.05. The van der Waals surface area contributed by atoms with E-state index >= 15 is 0 Å². The number of hydrogen-bond acceptors (Lipinski definition) is 3. The van der Waals surface area contributed by atoms with Gasteiger partial charge in [-0.05, 0) is 26.2 Å². The highest BCUT2D eigenvalue weighted by Crippen LogP contribution is 2.31. The van der Waals surface area contributed by atoms with Crippen molar-refractivity contribution in [3.05, 3.63) is 0 Å². The maximum atomic E-state index is 11.9. The minimum Gasteiger partial charge on any atom is -0.374 e.